The van der Waals surface area contributed by atoms with Gasteiger partial charge < -0.3 is 26.9 Å². The number of oxime groups is 1. The number of hydrogen-bond acceptors (Lipinski definition) is 6. The second kappa shape index (κ2) is 12.1. The lowest BCUT2D eigenvalue weighted by Crippen LogP contribution is -2.36. The Hall–Kier alpha value is -3.56. The van der Waals surface area contributed by atoms with Gasteiger partial charge in [0.2, 0.25) is 11.9 Å². The first-order chi connectivity index (χ1) is 13.9. The SMILES string of the molecule is C.Cc1cccc(CCNc2ncc(C)n(CC(=O)NCCON=C(N)N)c2=O)c1. The van der Waals surface area contributed by atoms with Crippen molar-refractivity contribution in [2.45, 2.75) is 34.2 Å². The zero-order chi connectivity index (χ0) is 21.2. The number of aryl methyl sites for hydroxylation is 2. The monoisotopic (exact) mass is 417 g/mol. The van der Waals surface area contributed by atoms with Gasteiger partial charge >= 0.3 is 0 Å². The van der Waals surface area contributed by atoms with E-state index in [-0.39, 0.29) is 50.4 Å². The van der Waals surface area contributed by atoms with Crippen LogP contribution in [0.25, 0.3) is 0 Å². The van der Waals surface area contributed by atoms with E-state index in [1.807, 2.05) is 25.1 Å². The summed E-state index contributed by atoms with van der Waals surface area (Å²) in [5.41, 5.74) is 12.9. The van der Waals surface area contributed by atoms with Gasteiger partial charge in [0.1, 0.15) is 13.2 Å². The summed E-state index contributed by atoms with van der Waals surface area (Å²) in [6.45, 7) is 4.51. The zero-order valence-corrected chi connectivity index (χ0v) is 16.6. The van der Waals surface area contributed by atoms with Crippen LogP contribution in [0.5, 0.6) is 0 Å². The molecule has 0 atom stereocenters. The summed E-state index contributed by atoms with van der Waals surface area (Å²) in [6.07, 6.45) is 2.32. The lowest BCUT2D eigenvalue weighted by atomic mass is 10.1. The van der Waals surface area contributed by atoms with Crippen LogP contribution < -0.4 is 27.7 Å². The molecule has 10 nitrogen and oxygen atoms in total. The molecule has 2 rings (SSSR count). The second-order valence-corrected chi connectivity index (χ2v) is 6.50. The minimum absolute atomic E-state index is 0. The van der Waals surface area contributed by atoms with E-state index in [0.717, 1.165) is 6.42 Å². The number of aromatic nitrogens is 2. The van der Waals surface area contributed by atoms with Gasteiger partial charge in [-0.1, -0.05) is 37.3 Å². The number of nitrogens with one attached hydrogen (secondary N) is 2. The number of carbonyl (C=O) groups excluding carboxylic acids is 1. The molecule has 2 aromatic rings. The van der Waals surface area contributed by atoms with Gasteiger partial charge in [0.05, 0.1) is 6.54 Å². The number of amides is 1. The average molecular weight is 418 g/mol. The van der Waals surface area contributed by atoms with Crippen LogP contribution in [0.4, 0.5) is 5.82 Å². The summed E-state index contributed by atoms with van der Waals surface area (Å²) in [7, 11) is 0. The highest BCUT2D eigenvalue weighted by molar-refractivity contribution is 5.76. The molecular formula is C20H31N7O3. The van der Waals surface area contributed by atoms with Crippen LogP contribution in [-0.4, -0.2) is 41.1 Å². The summed E-state index contributed by atoms with van der Waals surface area (Å²) in [6, 6.07) is 8.18. The van der Waals surface area contributed by atoms with Gasteiger partial charge in [-0.3, -0.25) is 14.2 Å². The first-order valence-corrected chi connectivity index (χ1v) is 9.20. The molecule has 1 amide bonds. The van der Waals surface area contributed by atoms with Crippen LogP contribution in [-0.2, 0) is 22.6 Å². The third kappa shape index (κ3) is 7.82. The van der Waals surface area contributed by atoms with Crippen molar-refractivity contribution in [2.75, 3.05) is 25.0 Å². The Morgan fingerprint density at radius 3 is 2.73 bits per heavy atom. The van der Waals surface area contributed by atoms with E-state index in [2.05, 4.69) is 26.8 Å². The van der Waals surface area contributed by atoms with Crippen molar-refractivity contribution in [3.63, 3.8) is 0 Å². The summed E-state index contributed by atoms with van der Waals surface area (Å²) >= 11 is 0. The highest BCUT2D eigenvalue weighted by Crippen LogP contribution is 2.05. The van der Waals surface area contributed by atoms with Crippen molar-refractivity contribution >= 4 is 17.7 Å². The van der Waals surface area contributed by atoms with E-state index >= 15 is 0 Å². The van der Waals surface area contributed by atoms with Crippen molar-refractivity contribution in [3.05, 3.63) is 57.6 Å². The fraction of sp³-hybridized carbons (Fsp3) is 0.400. The van der Waals surface area contributed by atoms with Gasteiger partial charge in [0, 0.05) is 18.4 Å². The summed E-state index contributed by atoms with van der Waals surface area (Å²) in [5.74, 6) is -0.315. The Morgan fingerprint density at radius 1 is 1.27 bits per heavy atom. The van der Waals surface area contributed by atoms with Crippen LogP contribution in [0.15, 0.2) is 40.4 Å². The normalized spacial score (nSPS) is 9.93. The Balaban J connectivity index is 0.00000450. The molecule has 0 spiro atoms. The molecule has 0 aliphatic carbocycles. The molecule has 1 heterocycles. The molecule has 6 N–H and O–H groups in total. The maximum atomic E-state index is 12.7. The molecule has 0 unspecified atom stereocenters. The van der Waals surface area contributed by atoms with Crippen LogP contribution in [0.3, 0.4) is 0 Å². The topological polar surface area (TPSA) is 150 Å². The third-order valence-electron chi connectivity index (χ3n) is 4.03. The second-order valence-electron chi connectivity index (χ2n) is 6.50. The lowest BCUT2D eigenvalue weighted by molar-refractivity contribution is -0.122. The Kier molecular flexibility index (Phi) is 9.87. The number of carbonyl (C=O) groups is 1. The van der Waals surface area contributed by atoms with Gasteiger partial charge in [-0.2, -0.15) is 0 Å². The minimum atomic E-state index is -0.346. The van der Waals surface area contributed by atoms with Crippen molar-refractivity contribution in [2.24, 2.45) is 16.6 Å². The Bertz CT molecular complexity index is 921. The van der Waals surface area contributed by atoms with Crippen molar-refractivity contribution < 1.29 is 9.63 Å². The summed E-state index contributed by atoms with van der Waals surface area (Å²) < 4.78 is 1.37. The number of benzene rings is 1. The van der Waals surface area contributed by atoms with Crippen molar-refractivity contribution in [1.29, 1.82) is 0 Å². The van der Waals surface area contributed by atoms with Gasteiger partial charge in [-0.05, 0) is 31.0 Å². The van der Waals surface area contributed by atoms with Gasteiger partial charge in [-0.25, -0.2) is 4.98 Å². The first kappa shape index (κ1) is 24.5. The van der Waals surface area contributed by atoms with Gasteiger partial charge in [0.15, 0.2) is 5.82 Å². The fourth-order valence-corrected chi connectivity index (χ4v) is 2.64. The molecule has 0 radical (unpaired) electrons. The third-order valence-corrected chi connectivity index (χ3v) is 4.03. The number of nitrogens with zero attached hydrogens (tertiary/aromatic N) is 3. The van der Waals surface area contributed by atoms with E-state index < -0.39 is 0 Å². The van der Waals surface area contributed by atoms with Gasteiger partial charge in [0.25, 0.3) is 5.56 Å². The van der Waals surface area contributed by atoms with E-state index in [1.54, 1.807) is 13.1 Å². The predicted molar refractivity (Wildman–Crippen MR) is 118 cm³/mol. The molecule has 0 bridgehead atoms. The number of nitrogens with two attached hydrogens (primary N) is 2. The van der Waals surface area contributed by atoms with Crippen molar-refractivity contribution in [1.82, 2.24) is 14.9 Å². The highest BCUT2D eigenvalue weighted by Gasteiger charge is 2.11. The Morgan fingerprint density at radius 2 is 2.03 bits per heavy atom. The van der Waals surface area contributed by atoms with E-state index in [4.69, 9.17) is 16.3 Å². The summed E-state index contributed by atoms with van der Waals surface area (Å²) in [5, 5.41) is 9.04. The van der Waals surface area contributed by atoms with Crippen LogP contribution >= 0.6 is 0 Å². The summed E-state index contributed by atoms with van der Waals surface area (Å²) in [4.78, 5) is 33.7. The molecule has 0 saturated carbocycles. The molecule has 0 aliphatic rings. The molecule has 0 saturated heterocycles. The van der Waals surface area contributed by atoms with Crippen LogP contribution in [0, 0.1) is 13.8 Å². The molecule has 10 heteroatoms. The minimum Gasteiger partial charge on any atom is -0.391 e. The zero-order valence-electron chi connectivity index (χ0n) is 16.6. The molecule has 0 aliphatic heterocycles. The highest BCUT2D eigenvalue weighted by atomic mass is 16.6. The standard InChI is InChI=1S/C19H27N7O3.CH4/c1-13-4-3-5-15(10-13)6-7-23-17-18(28)26(14(2)11-24-17)12-16(27)22-8-9-29-25-19(20)21;/h3-5,10-11H,6-9,12H2,1-2H3,(H,22,27)(H,23,24)(H4,20,21,25);1H4. The number of hydrogen-bond donors (Lipinski definition) is 4. The average Bonchev–Trinajstić information content (AvgIpc) is 2.66. The van der Waals surface area contributed by atoms with E-state index in [1.165, 1.54) is 15.7 Å². The molecule has 0 fully saturated rings. The lowest BCUT2D eigenvalue weighted by Gasteiger charge is -2.12. The predicted octanol–water partition coefficient (Wildman–Crippen LogP) is 0.472. The molecule has 1 aromatic carbocycles. The Labute approximate surface area is 176 Å². The maximum Gasteiger partial charge on any atom is 0.293 e. The van der Waals surface area contributed by atoms with Crippen LogP contribution in [0.2, 0.25) is 0 Å². The van der Waals surface area contributed by atoms with E-state index in [9.17, 15) is 9.59 Å². The smallest absolute Gasteiger partial charge is 0.293 e. The number of guanidine groups is 1. The van der Waals surface area contributed by atoms with Crippen molar-refractivity contribution in [3.8, 4) is 0 Å². The van der Waals surface area contributed by atoms with E-state index in [0.29, 0.717) is 12.2 Å². The quantitative estimate of drug-likeness (QED) is 0.190. The molecule has 30 heavy (non-hydrogen) atoms. The number of anilines is 1. The number of rotatable bonds is 10. The largest absolute Gasteiger partial charge is 0.391 e. The fourth-order valence-electron chi connectivity index (χ4n) is 2.64. The first-order valence-electron chi connectivity index (χ1n) is 9.20. The molecule has 164 valence electrons. The molecule has 1 aromatic heterocycles. The molecular weight excluding hydrogens is 386 g/mol. The van der Waals surface area contributed by atoms with Gasteiger partial charge in [-0.15, -0.1) is 0 Å². The van der Waals surface area contributed by atoms with Crippen LogP contribution in [0.1, 0.15) is 24.2 Å². The maximum absolute atomic E-state index is 12.7.